The van der Waals surface area contributed by atoms with Gasteiger partial charge in [-0.1, -0.05) is 20.3 Å². The summed E-state index contributed by atoms with van der Waals surface area (Å²) in [6, 6.07) is 0. The van der Waals surface area contributed by atoms with E-state index in [2.05, 4.69) is 13.8 Å². The van der Waals surface area contributed by atoms with Gasteiger partial charge in [0, 0.05) is 0 Å². The lowest BCUT2D eigenvalue weighted by Crippen LogP contribution is -2.22. The molecule has 1 unspecified atom stereocenters. The number of carbonyl (C=O) groups is 1. The van der Waals surface area contributed by atoms with Crippen LogP contribution < -0.4 is 0 Å². The Kier molecular flexibility index (Phi) is 4.99. The van der Waals surface area contributed by atoms with Gasteiger partial charge in [0.1, 0.15) is 6.10 Å². The van der Waals surface area contributed by atoms with Crippen LogP contribution in [-0.2, 0) is 9.53 Å². The maximum Gasteiger partial charge on any atom is 0.309 e. The third kappa shape index (κ3) is 3.32. The van der Waals surface area contributed by atoms with Crippen molar-refractivity contribution in [1.29, 1.82) is 0 Å². The number of ether oxygens (including phenoxy) is 1. The van der Waals surface area contributed by atoms with Gasteiger partial charge in [-0.15, -0.1) is 0 Å². The molecule has 0 saturated heterocycles. The van der Waals surface area contributed by atoms with Gasteiger partial charge in [0.05, 0.1) is 5.92 Å². The minimum Gasteiger partial charge on any atom is -0.462 e. The van der Waals surface area contributed by atoms with Crippen LogP contribution in [0.15, 0.2) is 0 Å². The highest BCUT2D eigenvalue weighted by molar-refractivity contribution is 5.72. The van der Waals surface area contributed by atoms with Crippen molar-refractivity contribution in [3.05, 3.63) is 0 Å². The molecule has 1 rings (SSSR count). The lowest BCUT2D eigenvalue weighted by molar-refractivity contribution is -0.154. The highest BCUT2D eigenvalue weighted by Gasteiger charge is 2.23. The van der Waals surface area contributed by atoms with Gasteiger partial charge >= 0.3 is 5.97 Å². The number of esters is 1. The van der Waals surface area contributed by atoms with E-state index in [1.807, 2.05) is 0 Å². The van der Waals surface area contributed by atoms with Crippen LogP contribution in [0.4, 0.5) is 0 Å². The Balaban J connectivity index is 2.30. The number of hydrogen-bond donors (Lipinski definition) is 0. The number of carbonyl (C=O) groups excluding carboxylic acids is 1. The predicted molar refractivity (Wildman–Crippen MR) is 57.0 cm³/mol. The molecule has 0 N–H and O–H groups in total. The molecule has 2 heteroatoms. The molecule has 0 aliphatic heterocycles. The van der Waals surface area contributed by atoms with Crippen molar-refractivity contribution in [3.63, 3.8) is 0 Å². The fourth-order valence-corrected chi connectivity index (χ4v) is 2.10. The summed E-state index contributed by atoms with van der Waals surface area (Å²) >= 11 is 0. The largest absolute Gasteiger partial charge is 0.462 e. The van der Waals surface area contributed by atoms with Gasteiger partial charge < -0.3 is 4.74 Å². The summed E-state index contributed by atoms with van der Waals surface area (Å²) in [6.07, 6.45) is 7.79. The van der Waals surface area contributed by atoms with Gasteiger partial charge in [-0.25, -0.2) is 0 Å². The first-order valence-electron chi connectivity index (χ1n) is 5.98. The number of hydrogen-bond acceptors (Lipinski definition) is 2. The van der Waals surface area contributed by atoms with Crippen LogP contribution in [0.1, 0.15) is 58.8 Å². The molecule has 0 amide bonds. The summed E-state index contributed by atoms with van der Waals surface area (Å²) in [7, 11) is 0. The summed E-state index contributed by atoms with van der Waals surface area (Å²) in [4.78, 5) is 11.7. The highest BCUT2D eigenvalue weighted by Crippen LogP contribution is 2.23. The molecule has 0 aromatic rings. The van der Waals surface area contributed by atoms with E-state index in [9.17, 15) is 4.79 Å². The highest BCUT2D eigenvalue weighted by atomic mass is 16.5. The van der Waals surface area contributed by atoms with E-state index in [0.717, 1.165) is 32.1 Å². The smallest absolute Gasteiger partial charge is 0.309 e. The van der Waals surface area contributed by atoms with Crippen molar-refractivity contribution in [1.82, 2.24) is 0 Å². The van der Waals surface area contributed by atoms with Crippen molar-refractivity contribution in [2.45, 2.75) is 64.9 Å². The average molecular weight is 198 g/mol. The van der Waals surface area contributed by atoms with Crippen molar-refractivity contribution in [3.8, 4) is 0 Å². The lowest BCUT2D eigenvalue weighted by atomic mass is 10.0. The maximum atomic E-state index is 11.7. The molecule has 82 valence electrons. The molecular weight excluding hydrogens is 176 g/mol. The van der Waals surface area contributed by atoms with Crippen LogP contribution in [0.25, 0.3) is 0 Å². The molecule has 1 aliphatic rings. The predicted octanol–water partition coefficient (Wildman–Crippen LogP) is 3.30. The molecule has 0 heterocycles. The monoisotopic (exact) mass is 198 g/mol. The molecule has 2 nitrogen and oxygen atoms in total. The van der Waals surface area contributed by atoms with Crippen LogP contribution in [0.2, 0.25) is 0 Å². The molecule has 14 heavy (non-hydrogen) atoms. The standard InChI is InChI=1S/C12H22O2/c1-3-7-10(4-2)12(13)14-11-8-5-6-9-11/h10-11H,3-9H2,1-2H3. The summed E-state index contributed by atoms with van der Waals surface area (Å²) in [5, 5.41) is 0. The maximum absolute atomic E-state index is 11.7. The quantitative estimate of drug-likeness (QED) is 0.633. The van der Waals surface area contributed by atoms with Gasteiger partial charge in [-0.2, -0.15) is 0 Å². The van der Waals surface area contributed by atoms with E-state index in [1.165, 1.54) is 12.8 Å². The summed E-state index contributed by atoms with van der Waals surface area (Å²) < 4.78 is 5.48. The average Bonchev–Trinajstić information content (AvgIpc) is 2.66. The van der Waals surface area contributed by atoms with E-state index < -0.39 is 0 Å². The zero-order valence-electron chi connectivity index (χ0n) is 9.42. The molecule has 0 spiro atoms. The fraction of sp³-hybridized carbons (Fsp3) is 0.917. The van der Waals surface area contributed by atoms with Gasteiger partial charge in [-0.3, -0.25) is 4.79 Å². The second-order valence-electron chi connectivity index (χ2n) is 4.24. The summed E-state index contributed by atoms with van der Waals surface area (Å²) in [5.41, 5.74) is 0. The Labute approximate surface area is 87.0 Å². The summed E-state index contributed by atoms with van der Waals surface area (Å²) in [5.74, 6) is 0.182. The minimum atomic E-state index is 0.0428. The number of rotatable bonds is 5. The first kappa shape index (κ1) is 11.5. The topological polar surface area (TPSA) is 26.3 Å². The van der Waals surface area contributed by atoms with E-state index in [0.29, 0.717) is 0 Å². The van der Waals surface area contributed by atoms with E-state index >= 15 is 0 Å². The second-order valence-corrected chi connectivity index (χ2v) is 4.24. The van der Waals surface area contributed by atoms with E-state index in [1.54, 1.807) is 0 Å². The Bertz CT molecular complexity index is 171. The molecule has 1 saturated carbocycles. The van der Waals surface area contributed by atoms with Gasteiger partial charge in [0.15, 0.2) is 0 Å². The minimum absolute atomic E-state index is 0.0428. The summed E-state index contributed by atoms with van der Waals surface area (Å²) in [6.45, 7) is 4.18. The van der Waals surface area contributed by atoms with Crippen LogP contribution >= 0.6 is 0 Å². The van der Waals surface area contributed by atoms with Crippen molar-refractivity contribution >= 4 is 5.97 Å². The van der Waals surface area contributed by atoms with Crippen LogP contribution in [0.3, 0.4) is 0 Å². The fourth-order valence-electron chi connectivity index (χ4n) is 2.10. The zero-order valence-corrected chi connectivity index (χ0v) is 9.42. The van der Waals surface area contributed by atoms with E-state index in [4.69, 9.17) is 4.74 Å². The third-order valence-corrected chi connectivity index (χ3v) is 3.05. The molecule has 0 aromatic heterocycles. The Hall–Kier alpha value is -0.530. The Morgan fingerprint density at radius 2 is 2.00 bits per heavy atom. The molecule has 1 fully saturated rings. The Morgan fingerprint density at radius 3 is 2.50 bits per heavy atom. The van der Waals surface area contributed by atoms with Gasteiger partial charge in [0.25, 0.3) is 0 Å². The Morgan fingerprint density at radius 1 is 1.36 bits per heavy atom. The first-order chi connectivity index (χ1) is 6.77. The van der Waals surface area contributed by atoms with Crippen molar-refractivity contribution in [2.24, 2.45) is 5.92 Å². The van der Waals surface area contributed by atoms with Gasteiger partial charge in [-0.05, 0) is 38.5 Å². The first-order valence-corrected chi connectivity index (χ1v) is 5.98. The molecular formula is C12H22O2. The zero-order chi connectivity index (χ0) is 10.4. The SMILES string of the molecule is CCCC(CC)C(=O)OC1CCCC1. The normalized spacial score (nSPS) is 19.6. The second kappa shape index (κ2) is 6.05. The van der Waals surface area contributed by atoms with Crippen LogP contribution in [-0.4, -0.2) is 12.1 Å². The molecule has 0 radical (unpaired) electrons. The molecule has 0 bridgehead atoms. The van der Waals surface area contributed by atoms with Crippen molar-refractivity contribution < 1.29 is 9.53 Å². The molecule has 1 atom stereocenters. The van der Waals surface area contributed by atoms with E-state index in [-0.39, 0.29) is 18.0 Å². The van der Waals surface area contributed by atoms with Gasteiger partial charge in [0.2, 0.25) is 0 Å². The molecule has 0 aromatic carbocycles. The molecule has 1 aliphatic carbocycles. The lowest BCUT2D eigenvalue weighted by Gasteiger charge is -2.17. The van der Waals surface area contributed by atoms with Crippen LogP contribution in [0.5, 0.6) is 0 Å². The third-order valence-electron chi connectivity index (χ3n) is 3.05. The van der Waals surface area contributed by atoms with Crippen LogP contribution in [0, 0.1) is 5.92 Å². The van der Waals surface area contributed by atoms with Crippen molar-refractivity contribution in [2.75, 3.05) is 0 Å².